The van der Waals surface area contributed by atoms with Crippen LogP contribution >= 0.6 is 0 Å². The molecular weight excluding hydrogens is 464 g/mol. The fourth-order valence-electron chi connectivity index (χ4n) is 5.11. The molecule has 0 bridgehead atoms. The predicted octanol–water partition coefficient (Wildman–Crippen LogP) is 4.23. The van der Waals surface area contributed by atoms with E-state index in [9.17, 15) is 13.2 Å². The molecule has 4 aromatic rings. The minimum Gasteiger partial charge on any atom is -0.306 e. The van der Waals surface area contributed by atoms with Crippen molar-refractivity contribution in [2.45, 2.75) is 56.5 Å². The lowest BCUT2D eigenvalue weighted by Gasteiger charge is -2.25. The molecule has 1 aromatic carbocycles. The van der Waals surface area contributed by atoms with Crippen molar-refractivity contribution in [1.29, 1.82) is 0 Å². The van der Waals surface area contributed by atoms with Crippen LogP contribution in [0.25, 0.3) is 16.6 Å². The van der Waals surface area contributed by atoms with E-state index in [-0.39, 0.29) is 11.1 Å². The maximum Gasteiger partial charge on any atom is 0.333 e. The molecule has 1 saturated carbocycles. The van der Waals surface area contributed by atoms with Gasteiger partial charge in [-0.15, -0.1) is 0 Å². The van der Waals surface area contributed by atoms with E-state index in [1.54, 1.807) is 21.6 Å². The van der Waals surface area contributed by atoms with Crippen molar-refractivity contribution in [3.05, 3.63) is 65.6 Å². The number of pyridine rings is 1. The standard InChI is InChI=1S/C25H26N6O3S/c1-16-14-17-4-2-7-21(17)24(23(16)18-9-12-30-20(15-18)8-11-26-30)27-25(32)29-35(33,34)22-10-13-31(28-22)19-5-3-6-19/h8-15,19H,2-7H2,1H3,(H2,27,29,32). The van der Waals surface area contributed by atoms with Gasteiger partial charge in [-0.3, -0.25) is 4.68 Å². The number of aryl methyl sites for hydroxylation is 2. The molecule has 6 rings (SSSR count). The van der Waals surface area contributed by atoms with Gasteiger partial charge in [0.15, 0.2) is 5.03 Å². The van der Waals surface area contributed by atoms with E-state index in [1.807, 2.05) is 31.3 Å². The van der Waals surface area contributed by atoms with E-state index in [4.69, 9.17) is 0 Å². The molecule has 0 radical (unpaired) electrons. The maximum absolute atomic E-state index is 13.0. The van der Waals surface area contributed by atoms with Crippen LogP contribution in [0.3, 0.4) is 0 Å². The topological polar surface area (TPSA) is 110 Å². The Bertz CT molecular complexity index is 1570. The molecule has 0 saturated heterocycles. The summed E-state index contributed by atoms with van der Waals surface area (Å²) in [4.78, 5) is 13.0. The van der Waals surface area contributed by atoms with Gasteiger partial charge in [0.25, 0.3) is 10.0 Å². The highest BCUT2D eigenvalue weighted by Gasteiger charge is 2.27. The van der Waals surface area contributed by atoms with E-state index in [0.29, 0.717) is 5.69 Å². The smallest absolute Gasteiger partial charge is 0.306 e. The Hall–Kier alpha value is -3.66. The van der Waals surface area contributed by atoms with Crippen LogP contribution in [0.5, 0.6) is 0 Å². The maximum atomic E-state index is 13.0. The lowest BCUT2D eigenvalue weighted by molar-refractivity contribution is 0.256. The number of rotatable bonds is 5. The molecule has 3 aromatic heterocycles. The summed E-state index contributed by atoms with van der Waals surface area (Å²) in [5.74, 6) is 0. The fraction of sp³-hybridized carbons (Fsp3) is 0.320. The van der Waals surface area contributed by atoms with Crippen LogP contribution < -0.4 is 10.0 Å². The zero-order valence-electron chi connectivity index (χ0n) is 19.4. The Labute approximate surface area is 203 Å². The van der Waals surface area contributed by atoms with Crippen molar-refractivity contribution in [3.8, 4) is 11.1 Å². The first kappa shape index (κ1) is 21.8. The molecule has 10 heteroatoms. The molecule has 2 amide bonds. The van der Waals surface area contributed by atoms with Gasteiger partial charge < -0.3 is 5.32 Å². The number of sulfonamides is 1. The van der Waals surface area contributed by atoms with E-state index in [2.05, 4.69) is 26.3 Å². The summed E-state index contributed by atoms with van der Waals surface area (Å²) in [6.07, 6.45) is 11.1. The minimum atomic E-state index is -4.10. The molecule has 3 heterocycles. The summed E-state index contributed by atoms with van der Waals surface area (Å²) in [6.45, 7) is 2.02. The molecule has 9 nitrogen and oxygen atoms in total. The lowest BCUT2D eigenvalue weighted by Crippen LogP contribution is -2.35. The van der Waals surface area contributed by atoms with Crippen molar-refractivity contribution in [3.63, 3.8) is 0 Å². The highest BCUT2D eigenvalue weighted by molar-refractivity contribution is 7.90. The molecule has 0 unspecified atom stereocenters. The average molecular weight is 491 g/mol. The molecular formula is C25H26N6O3S. The van der Waals surface area contributed by atoms with Gasteiger partial charge in [0, 0.05) is 24.2 Å². The van der Waals surface area contributed by atoms with Gasteiger partial charge in [0.05, 0.1) is 17.2 Å². The van der Waals surface area contributed by atoms with E-state index in [1.165, 1.54) is 11.6 Å². The summed E-state index contributed by atoms with van der Waals surface area (Å²) in [6, 6.07) is 8.94. The number of nitrogens with one attached hydrogen (secondary N) is 2. The van der Waals surface area contributed by atoms with Gasteiger partial charge in [-0.05, 0) is 92.0 Å². The van der Waals surface area contributed by atoms with Gasteiger partial charge in [-0.1, -0.05) is 6.07 Å². The largest absolute Gasteiger partial charge is 0.333 e. The number of benzene rings is 1. The van der Waals surface area contributed by atoms with E-state index >= 15 is 0 Å². The summed E-state index contributed by atoms with van der Waals surface area (Å²) in [5.41, 5.74) is 6.68. The second-order valence-electron chi connectivity index (χ2n) is 9.33. The zero-order valence-corrected chi connectivity index (χ0v) is 20.2. The number of fused-ring (bicyclic) bond motifs is 2. The zero-order chi connectivity index (χ0) is 24.2. The number of aromatic nitrogens is 4. The Balaban J connectivity index is 1.33. The number of hydrogen-bond acceptors (Lipinski definition) is 5. The first-order chi connectivity index (χ1) is 16.9. The van der Waals surface area contributed by atoms with Crippen LogP contribution in [-0.4, -0.2) is 33.8 Å². The molecule has 2 aliphatic rings. The van der Waals surface area contributed by atoms with Crippen molar-refractivity contribution >= 4 is 27.3 Å². The number of urea groups is 1. The highest BCUT2D eigenvalue weighted by atomic mass is 32.2. The summed E-state index contributed by atoms with van der Waals surface area (Å²) >= 11 is 0. The normalized spacial score (nSPS) is 15.7. The molecule has 1 fully saturated rings. The fourth-order valence-corrected chi connectivity index (χ4v) is 5.95. The minimum absolute atomic E-state index is 0.152. The number of amides is 2. The number of nitrogens with zero attached hydrogens (tertiary/aromatic N) is 4. The lowest BCUT2D eigenvalue weighted by atomic mass is 9.93. The van der Waals surface area contributed by atoms with Crippen molar-refractivity contribution < 1.29 is 13.2 Å². The SMILES string of the molecule is Cc1cc2c(c(NC(=O)NS(=O)(=O)c3ccn(C4CCC4)n3)c1-c1ccn3nccc3c1)CCC2. The Kier molecular flexibility index (Phi) is 5.14. The van der Waals surface area contributed by atoms with Crippen LogP contribution in [0.2, 0.25) is 0 Å². The van der Waals surface area contributed by atoms with Crippen LogP contribution in [0.4, 0.5) is 10.5 Å². The monoisotopic (exact) mass is 490 g/mol. The van der Waals surface area contributed by atoms with Gasteiger partial charge in [0.1, 0.15) is 0 Å². The molecule has 180 valence electrons. The molecule has 0 atom stereocenters. The number of anilines is 1. The Morgan fingerprint density at radius 3 is 2.74 bits per heavy atom. The van der Waals surface area contributed by atoms with Crippen LogP contribution in [0.15, 0.2) is 53.9 Å². The van der Waals surface area contributed by atoms with E-state index < -0.39 is 16.1 Å². The number of carbonyl (C=O) groups is 1. The van der Waals surface area contributed by atoms with Crippen LogP contribution in [-0.2, 0) is 22.9 Å². The Morgan fingerprint density at radius 2 is 1.94 bits per heavy atom. The van der Waals surface area contributed by atoms with Crippen molar-refractivity contribution in [2.75, 3.05) is 5.32 Å². The molecule has 0 spiro atoms. The summed E-state index contributed by atoms with van der Waals surface area (Å²) < 4.78 is 31.4. The third-order valence-corrected chi connectivity index (χ3v) is 8.28. The van der Waals surface area contributed by atoms with E-state index in [0.717, 1.165) is 66.3 Å². The van der Waals surface area contributed by atoms with Gasteiger partial charge in [0.2, 0.25) is 0 Å². The summed E-state index contributed by atoms with van der Waals surface area (Å²) in [5, 5.41) is 11.2. The first-order valence-corrected chi connectivity index (χ1v) is 13.4. The third kappa shape index (κ3) is 3.87. The average Bonchev–Trinajstić information content (AvgIpc) is 3.52. The number of hydrogen-bond donors (Lipinski definition) is 2. The summed E-state index contributed by atoms with van der Waals surface area (Å²) in [7, 11) is -4.10. The highest BCUT2D eigenvalue weighted by Crippen LogP contribution is 2.40. The van der Waals surface area contributed by atoms with Gasteiger partial charge >= 0.3 is 6.03 Å². The van der Waals surface area contributed by atoms with Crippen molar-refractivity contribution in [2.24, 2.45) is 0 Å². The third-order valence-electron chi connectivity index (χ3n) is 7.06. The van der Waals surface area contributed by atoms with Crippen LogP contribution in [0, 0.1) is 6.92 Å². The van der Waals surface area contributed by atoms with Gasteiger partial charge in [-0.25, -0.2) is 14.0 Å². The molecule has 0 aliphatic heterocycles. The van der Waals surface area contributed by atoms with Crippen LogP contribution in [0.1, 0.15) is 48.4 Å². The second-order valence-corrected chi connectivity index (χ2v) is 11.0. The quantitative estimate of drug-likeness (QED) is 0.435. The van der Waals surface area contributed by atoms with Gasteiger partial charge in [-0.2, -0.15) is 18.6 Å². The number of carbonyl (C=O) groups excluding carboxylic acids is 1. The predicted molar refractivity (Wildman–Crippen MR) is 132 cm³/mol. The molecule has 35 heavy (non-hydrogen) atoms. The second kappa shape index (κ2) is 8.23. The van der Waals surface area contributed by atoms with Crippen molar-refractivity contribution in [1.82, 2.24) is 24.1 Å². The molecule has 2 aliphatic carbocycles. The first-order valence-electron chi connectivity index (χ1n) is 11.9. The Morgan fingerprint density at radius 1 is 1.09 bits per heavy atom. The molecule has 2 N–H and O–H groups in total.